The number of hydrogen-bond donors (Lipinski definition) is 1. The van der Waals surface area contributed by atoms with E-state index in [4.69, 9.17) is 16.3 Å². The molecule has 0 bridgehead atoms. The van der Waals surface area contributed by atoms with Gasteiger partial charge in [0.2, 0.25) is 0 Å². The summed E-state index contributed by atoms with van der Waals surface area (Å²) in [6.45, 7) is 14.0. The Hall–Kier alpha value is -3.50. The number of hydrogen-bond acceptors (Lipinski definition) is 6. The van der Waals surface area contributed by atoms with E-state index in [9.17, 15) is 19.1 Å². The zero-order chi connectivity index (χ0) is 31.6. The Kier molecular flexibility index (Phi) is 9.81. The number of nitrogens with zero attached hydrogens (tertiary/aromatic N) is 5. The highest BCUT2D eigenvalue weighted by molar-refractivity contribution is 6.30. The SMILES string of the molecule is CC(C)CCC1C(C)N(C(=O)OC(C)(C)C)CC(C)N1C(=O)c1ccccc1-n1cc(C(O)c2ccc(Cl)cc2F)nn1. The molecular weight excluding hydrogens is 573 g/mol. The molecule has 4 unspecified atom stereocenters. The van der Waals surface area contributed by atoms with E-state index in [1.807, 2.05) is 39.5 Å². The number of halogens is 2. The average Bonchev–Trinajstić information content (AvgIpc) is 3.42. The summed E-state index contributed by atoms with van der Waals surface area (Å²) < 4.78 is 21.6. The third-order valence-corrected chi connectivity index (χ3v) is 7.91. The number of amides is 2. The van der Waals surface area contributed by atoms with Crippen LogP contribution in [0.4, 0.5) is 9.18 Å². The van der Waals surface area contributed by atoms with Crippen molar-refractivity contribution < 1.29 is 23.8 Å². The quantitative estimate of drug-likeness (QED) is 0.330. The maximum Gasteiger partial charge on any atom is 0.410 e. The van der Waals surface area contributed by atoms with Crippen LogP contribution in [-0.4, -0.2) is 72.2 Å². The molecule has 2 aromatic carbocycles. The molecule has 4 rings (SSSR count). The molecule has 11 heteroatoms. The lowest BCUT2D eigenvalue weighted by Gasteiger charge is -2.50. The van der Waals surface area contributed by atoms with Crippen LogP contribution < -0.4 is 0 Å². The minimum absolute atomic E-state index is 0.0134. The lowest BCUT2D eigenvalue weighted by Crippen LogP contribution is -2.65. The maximum absolute atomic E-state index is 14.5. The van der Waals surface area contributed by atoms with Crippen molar-refractivity contribution >= 4 is 23.6 Å². The van der Waals surface area contributed by atoms with E-state index >= 15 is 0 Å². The highest BCUT2D eigenvalue weighted by Crippen LogP contribution is 2.31. The van der Waals surface area contributed by atoms with Crippen molar-refractivity contribution in [3.05, 3.63) is 76.3 Å². The van der Waals surface area contributed by atoms with Gasteiger partial charge in [-0.05, 0) is 77.6 Å². The Morgan fingerprint density at radius 2 is 1.86 bits per heavy atom. The first-order valence-corrected chi connectivity index (χ1v) is 15.0. The van der Waals surface area contributed by atoms with Gasteiger partial charge >= 0.3 is 6.09 Å². The third-order valence-electron chi connectivity index (χ3n) is 7.67. The molecule has 2 heterocycles. The number of carbonyl (C=O) groups excluding carboxylic acids is 2. The maximum atomic E-state index is 14.5. The van der Waals surface area contributed by atoms with Gasteiger partial charge in [-0.25, -0.2) is 13.9 Å². The van der Waals surface area contributed by atoms with E-state index in [1.54, 1.807) is 29.2 Å². The van der Waals surface area contributed by atoms with E-state index in [-0.39, 0.29) is 46.4 Å². The van der Waals surface area contributed by atoms with Gasteiger partial charge in [-0.3, -0.25) is 4.79 Å². The Labute approximate surface area is 257 Å². The molecule has 1 N–H and O–H groups in total. The van der Waals surface area contributed by atoms with Crippen molar-refractivity contribution in [2.24, 2.45) is 5.92 Å². The van der Waals surface area contributed by atoms with E-state index in [1.165, 1.54) is 23.0 Å². The molecule has 0 radical (unpaired) electrons. The molecule has 9 nitrogen and oxygen atoms in total. The molecule has 1 aliphatic rings. The topological polar surface area (TPSA) is 101 Å². The van der Waals surface area contributed by atoms with E-state index < -0.39 is 17.5 Å². The molecule has 3 aromatic rings. The first-order valence-electron chi connectivity index (χ1n) is 14.6. The molecule has 0 aliphatic carbocycles. The molecule has 43 heavy (non-hydrogen) atoms. The second kappa shape index (κ2) is 13.0. The van der Waals surface area contributed by atoms with Gasteiger partial charge in [0.15, 0.2) is 0 Å². The average molecular weight is 614 g/mol. The summed E-state index contributed by atoms with van der Waals surface area (Å²) in [7, 11) is 0. The van der Waals surface area contributed by atoms with Crippen LogP contribution in [0.3, 0.4) is 0 Å². The van der Waals surface area contributed by atoms with Crippen molar-refractivity contribution in [3.8, 4) is 5.69 Å². The predicted octanol–water partition coefficient (Wildman–Crippen LogP) is 6.42. The van der Waals surface area contributed by atoms with Crippen LogP contribution in [0.2, 0.25) is 5.02 Å². The van der Waals surface area contributed by atoms with E-state index in [0.717, 1.165) is 12.5 Å². The Bertz CT molecular complexity index is 1460. The zero-order valence-corrected chi connectivity index (χ0v) is 26.5. The second-order valence-corrected chi connectivity index (χ2v) is 13.1. The van der Waals surface area contributed by atoms with Gasteiger partial charge in [-0.2, -0.15) is 0 Å². The summed E-state index contributed by atoms with van der Waals surface area (Å²) >= 11 is 5.86. The van der Waals surface area contributed by atoms with Gasteiger partial charge < -0.3 is 19.6 Å². The van der Waals surface area contributed by atoms with Gasteiger partial charge in [0.05, 0.1) is 29.5 Å². The Morgan fingerprint density at radius 3 is 2.51 bits per heavy atom. The van der Waals surface area contributed by atoms with Crippen LogP contribution in [0.15, 0.2) is 48.7 Å². The second-order valence-electron chi connectivity index (χ2n) is 12.6. The summed E-state index contributed by atoms with van der Waals surface area (Å²) in [5.41, 5.74) is 0.353. The molecule has 0 saturated carbocycles. The number of aromatic nitrogens is 3. The van der Waals surface area contributed by atoms with Gasteiger partial charge in [-0.15, -0.1) is 5.10 Å². The van der Waals surface area contributed by atoms with Gasteiger partial charge in [0.1, 0.15) is 23.2 Å². The molecular formula is C32H41ClFN5O4. The van der Waals surface area contributed by atoms with Gasteiger partial charge in [0, 0.05) is 23.2 Å². The van der Waals surface area contributed by atoms with Crippen molar-refractivity contribution in [2.45, 2.75) is 91.1 Å². The predicted molar refractivity (Wildman–Crippen MR) is 163 cm³/mol. The van der Waals surface area contributed by atoms with Crippen LogP contribution in [0.1, 0.15) is 89.0 Å². The fraction of sp³-hybridized carbons (Fsp3) is 0.500. The summed E-state index contributed by atoms with van der Waals surface area (Å²) in [5.74, 6) is -0.450. The van der Waals surface area contributed by atoms with Crippen molar-refractivity contribution in [1.29, 1.82) is 0 Å². The standard InChI is InChI=1S/C32H41ClFN5O4/c1-19(2)12-15-27-21(4)37(31(42)43-32(5,6)7)17-20(3)39(27)30(41)24-10-8-9-11-28(24)38-18-26(35-36-38)29(40)23-14-13-22(33)16-25(23)34/h8-11,13-14,16,18-21,27,29,40H,12,15,17H2,1-7H3. The normalized spacial score (nSPS) is 19.9. The molecule has 1 saturated heterocycles. The smallest absolute Gasteiger partial charge is 0.410 e. The summed E-state index contributed by atoms with van der Waals surface area (Å²) in [6, 6.07) is 10.2. The molecule has 1 fully saturated rings. The van der Waals surface area contributed by atoms with E-state index in [0.29, 0.717) is 30.1 Å². The highest BCUT2D eigenvalue weighted by atomic mass is 35.5. The highest BCUT2D eigenvalue weighted by Gasteiger charge is 2.43. The molecule has 0 spiro atoms. The summed E-state index contributed by atoms with van der Waals surface area (Å²) in [4.78, 5) is 31.1. The van der Waals surface area contributed by atoms with Gasteiger partial charge in [-0.1, -0.05) is 48.9 Å². The van der Waals surface area contributed by atoms with Crippen LogP contribution in [0, 0.1) is 11.7 Å². The number of para-hydroxylation sites is 1. The fourth-order valence-corrected chi connectivity index (χ4v) is 5.66. The van der Waals surface area contributed by atoms with Crippen LogP contribution in [-0.2, 0) is 4.74 Å². The third kappa shape index (κ3) is 7.36. The zero-order valence-electron chi connectivity index (χ0n) is 25.8. The van der Waals surface area contributed by atoms with E-state index in [2.05, 4.69) is 24.2 Å². The number of aliphatic hydroxyl groups excluding tert-OH is 1. The first kappa shape index (κ1) is 32.4. The summed E-state index contributed by atoms with van der Waals surface area (Å²) in [6.07, 6.45) is 1.30. The van der Waals surface area contributed by atoms with Crippen molar-refractivity contribution in [1.82, 2.24) is 24.8 Å². The molecule has 1 aliphatic heterocycles. The van der Waals surface area contributed by atoms with Gasteiger partial charge in [0.25, 0.3) is 5.91 Å². The fourth-order valence-electron chi connectivity index (χ4n) is 5.50. The monoisotopic (exact) mass is 613 g/mol. The number of benzene rings is 2. The minimum atomic E-state index is -1.38. The largest absolute Gasteiger partial charge is 0.444 e. The van der Waals surface area contributed by atoms with Crippen LogP contribution in [0.5, 0.6) is 0 Å². The molecule has 4 atom stereocenters. The number of ether oxygens (including phenoxy) is 1. The minimum Gasteiger partial charge on any atom is -0.444 e. The summed E-state index contributed by atoms with van der Waals surface area (Å²) in [5, 5.41) is 19.3. The van der Waals surface area contributed by atoms with Crippen molar-refractivity contribution in [3.63, 3.8) is 0 Å². The first-order chi connectivity index (χ1) is 20.2. The van der Waals surface area contributed by atoms with Crippen LogP contribution >= 0.6 is 11.6 Å². The number of aliphatic hydroxyl groups is 1. The lowest BCUT2D eigenvalue weighted by molar-refractivity contribution is -0.0293. The number of rotatable bonds is 7. The molecule has 232 valence electrons. The lowest BCUT2D eigenvalue weighted by atomic mass is 9.91. The Balaban J connectivity index is 1.66. The number of carbonyl (C=O) groups is 2. The van der Waals surface area contributed by atoms with Crippen molar-refractivity contribution in [2.75, 3.05) is 6.54 Å². The Morgan fingerprint density at radius 1 is 1.16 bits per heavy atom. The van der Waals surface area contributed by atoms with Crippen LogP contribution in [0.25, 0.3) is 5.69 Å². The molecule has 2 amide bonds. The molecule has 1 aromatic heterocycles. The number of piperazine rings is 1.